The molecule has 0 spiro atoms. The van der Waals surface area contributed by atoms with Crippen molar-refractivity contribution in [3.63, 3.8) is 0 Å². The molecule has 3 aliphatic rings. The first-order chi connectivity index (χ1) is 11.7. The maximum absolute atomic E-state index is 12.2. The second kappa shape index (κ2) is 6.73. The van der Waals surface area contributed by atoms with E-state index < -0.39 is 0 Å². The lowest BCUT2D eigenvalue weighted by Gasteiger charge is -2.30. The summed E-state index contributed by atoms with van der Waals surface area (Å²) in [6, 6.07) is 0.559. The van der Waals surface area contributed by atoms with E-state index in [1.807, 2.05) is 6.92 Å². The summed E-state index contributed by atoms with van der Waals surface area (Å²) in [6.45, 7) is 2.27. The van der Waals surface area contributed by atoms with Crippen LogP contribution in [0.4, 0.5) is 5.82 Å². The molecule has 1 N–H and O–H groups in total. The smallest absolute Gasteiger partial charge is 0.339 e. The summed E-state index contributed by atoms with van der Waals surface area (Å²) in [7, 11) is 0. The Labute approximate surface area is 144 Å². The van der Waals surface area contributed by atoms with Crippen molar-refractivity contribution in [3.05, 3.63) is 22.9 Å². The molecule has 0 saturated heterocycles. The summed E-state index contributed by atoms with van der Waals surface area (Å²) in [4.78, 5) is 16.9. The molecule has 0 aliphatic heterocycles. The van der Waals surface area contributed by atoms with Crippen LogP contribution in [0.5, 0.6) is 0 Å². The van der Waals surface area contributed by atoms with E-state index >= 15 is 0 Å². The molecule has 2 bridgehead atoms. The monoisotopic (exact) mass is 328 g/mol. The van der Waals surface area contributed by atoms with E-state index in [2.05, 4.69) is 10.3 Å². The van der Waals surface area contributed by atoms with E-state index in [1.54, 1.807) is 6.20 Å². The number of hydrogen-bond acceptors (Lipinski definition) is 4. The molecule has 1 aromatic rings. The van der Waals surface area contributed by atoms with Crippen LogP contribution in [0.15, 0.2) is 6.20 Å². The number of aromatic nitrogens is 1. The van der Waals surface area contributed by atoms with Crippen LogP contribution in [0.1, 0.15) is 73.4 Å². The normalized spacial score (nSPS) is 28.3. The fraction of sp³-hybridized carbons (Fsp3) is 0.700. The van der Waals surface area contributed by atoms with Crippen molar-refractivity contribution >= 4 is 11.8 Å². The van der Waals surface area contributed by atoms with Crippen LogP contribution in [0.2, 0.25) is 0 Å². The minimum Gasteiger partial charge on any atom is -0.462 e. The van der Waals surface area contributed by atoms with Crippen LogP contribution in [0.25, 0.3) is 0 Å². The van der Waals surface area contributed by atoms with Gasteiger partial charge in [-0.15, -0.1) is 0 Å². The zero-order chi connectivity index (χ0) is 16.5. The van der Waals surface area contributed by atoms with E-state index in [0.717, 1.165) is 36.9 Å². The Morgan fingerprint density at radius 2 is 1.88 bits per heavy atom. The maximum Gasteiger partial charge on any atom is 0.339 e. The summed E-state index contributed by atoms with van der Waals surface area (Å²) >= 11 is 0. The molecule has 1 aromatic heterocycles. The second-order valence-corrected chi connectivity index (χ2v) is 7.76. The zero-order valence-corrected chi connectivity index (χ0v) is 14.6. The van der Waals surface area contributed by atoms with Gasteiger partial charge < -0.3 is 10.1 Å². The van der Waals surface area contributed by atoms with Crippen molar-refractivity contribution in [1.29, 1.82) is 0 Å². The van der Waals surface area contributed by atoms with Crippen LogP contribution in [-0.2, 0) is 17.6 Å². The summed E-state index contributed by atoms with van der Waals surface area (Å²) in [5, 5.41) is 3.74. The van der Waals surface area contributed by atoms with Crippen molar-refractivity contribution in [2.24, 2.45) is 11.8 Å². The molecule has 130 valence electrons. The van der Waals surface area contributed by atoms with Gasteiger partial charge in [0.15, 0.2) is 0 Å². The van der Waals surface area contributed by atoms with Crippen LogP contribution < -0.4 is 5.32 Å². The molecule has 2 fully saturated rings. The van der Waals surface area contributed by atoms with Gasteiger partial charge in [0.05, 0.1) is 12.2 Å². The van der Waals surface area contributed by atoms with Gasteiger partial charge in [0.2, 0.25) is 0 Å². The van der Waals surface area contributed by atoms with Gasteiger partial charge in [0, 0.05) is 12.2 Å². The number of ether oxygens (including phenoxy) is 1. The highest BCUT2D eigenvalue weighted by Gasteiger charge is 2.34. The van der Waals surface area contributed by atoms with Crippen LogP contribution in [0.3, 0.4) is 0 Å². The number of carbonyl (C=O) groups excluding carboxylic acids is 1. The van der Waals surface area contributed by atoms with Crippen molar-refractivity contribution in [2.75, 3.05) is 11.9 Å². The second-order valence-electron chi connectivity index (χ2n) is 7.76. The van der Waals surface area contributed by atoms with Gasteiger partial charge in [-0.25, -0.2) is 9.78 Å². The summed E-state index contributed by atoms with van der Waals surface area (Å²) in [6.07, 6.45) is 12.9. The highest BCUT2D eigenvalue weighted by atomic mass is 16.5. The zero-order valence-electron chi connectivity index (χ0n) is 14.6. The molecule has 0 unspecified atom stereocenters. The third-order valence-corrected chi connectivity index (χ3v) is 6.12. The van der Waals surface area contributed by atoms with Crippen molar-refractivity contribution in [2.45, 2.75) is 70.8 Å². The summed E-state index contributed by atoms with van der Waals surface area (Å²) in [5.41, 5.74) is 3.13. The first-order valence-corrected chi connectivity index (χ1v) is 9.69. The summed E-state index contributed by atoms with van der Waals surface area (Å²) < 4.78 is 5.22. The lowest BCUT2D eigenvalue weighted by Crippen LogP contribution is -2.29. The molecule has 0 amide bonds. The average molecular weight is 328 g/mol. The largest absolute Gasteiger partial charge is 0.462 e. The molecule has 24 heavy (non-hydrogen) atoms. The Kier molecular flexibility index (Phi) is 4.47. The van der Waals surface area contributed by atoms with E-state index in [1.165, 1.54) is 49.7 Å². The molecule has 4 nitrogen and oxygen atoms in total. The standard InChI is InChI=1S/C20H28N2O2/c1-2-24-20(23)18-12-21-19(17-6-4-3-5-16(17)18)22-15-10-13-7-8-14(9-13)11-15/h12-15H,2-11H2,1H3,(H,21,22)/t13-,14+,15-. The number of esters is 1. The minimum absolute atomic E-state index is 0.217. The third kappa shape index (κ3) is 3.03. The lowest BCUT2D eigenvalue weighted by molar-refractivity contribution is 0.0524. The quantitative estimate of drug-likeness (QED) is 0.845. The van der Waals surface area contributed by atoms with Gasteiger partial charge in [-0.1, -0.05) is 12.8 Å². The van der Waals surface area contributed by atoms with E-state index in [-0.39, 0.29) is 5.97 Å². The Morgan fingerprint density at radius 1 is 1.17 bits per heavy atom. The molecular formula is C20H28N2O2. The molecule has 4 heteroatoms. The fourth-order valence-electron chi connectivity index (χ4n) is 5.08. The van der Waals surface area contributed by atoms with Gasteiger partial charge in [0.1, 0.15) is 5.82 Å². The van der Waals surface area contributed by atoms with Crippen LogP contribution >= 0.6 is 0 Å². The number of carbonyl (C=O) groups is 1. The van der Waals surface area contributed by atoms with E-state index in [9.17, 15) is 4.79 Å². The maximum atomic E-state index is 12.2. The molecule has 2 saturated carbocycles. The molecule has 3 aliphatic carbocycles. The first-order valence-electron chi connectivity index (χ1n) is 9.69. The Hall–Kier alpha value is -1.58. The number of nitrogens with zero attached hydrogens (tertiary/aromatic N) is 1. The van der Waals surface area contributed by atoms with Gasteiger partial charge in [-0.2, -0.15) is 0 Å². The molecular weight excluding hydrogens is 300 g/mol. The van der Waals surface area contributed by atoms with E-state index in [0.29, 0.717) is 18.2 Å². The molecule has 0 radical (unpaired) electrons. The highest BCUT2D eigenvalue weighted by molar-refractivity contribution is 5.91. The van der Waals surface area contributed by atoms with Crippen molar-refractivity contribution in [3.8, 4) is 0 Å². The average Bonchev–Trinajstić information content (AvgIpc) is 2.94. The predicted molar refractivity (Wildman–Crippen MR) is 94.3 cm³/mol. The van der Waals surface area contributed by atoms with Gasteiger partial charge in [-0.3, -0.25) is 0 Å². The molecule has 3 atom stereocenters. The van der Waals surface area contributed by atoms with Crippen molar-refractivity contribution in [1.82, 2.24) is 4.98 Å². The van der Waals surface area contributed by atoms with Gasteiger partial charge >= 0.3 is 5.97 Å². The lowest BCUT2D eigenvalue weighted by atomic mass is 9.85. The number of hydrogen-bond donors (Lipinski definition) is 1. The number of fused-ring (bicyclic) bond motifs is 3. The molecule has 4 rings (SSSR count). The summed E-state index contributed by atoms with van der Waals surface area (Å²) in [5.74, 6) is 2.64. The molecule has 0 aromatic carbocycles. The number of pyridine rings is 1. The highest BCUT2D eigenvalue weighted by Crippen LogP contribution is 2.43. The topological polar surface area (TPSA) is 51.2 Å². The number of anilines is 1. The Bertz CT molecular complexity index is 616. The Balaban J connectivity index is 1.58. The Morgan fingerprint density at radius 3 is 2.58 bits per heavy atom. The first kappa shape index (κ1) is 15.9. The van der Waals surface area contributed by atoms with Crippen molar-refractivity contribution < 1.29 is 9.53 Å². The number of rotatable bonds is 4. The third-order valence-electron chi connectivity index (χ3n) is 6.12. The molecule has 1 heterocycles. The minimum atomic E-state index is -0.217. The van der Waals surface area contributed by atoms with E-state index in [4.69, 9.17) is 4.74 Å². The number of nitrogens with one attached hydrogen (secondary N) is 1. The SMILES string of the molecule is CCOC(=O)c1cnc(N[C@@H]2C[C@@H]3CC[C@@H](C3)C2)c2c1CCCC2. The van der Waals surface area contributed by atoms with Crippen LogP contribution in [-0.4, -0.2) is 23.6 Å². The van der Waals surface area contributed by atoms with Crippen LogP contribution in [0, 0.1) is 11.8 Å². The predicted octanol–water partition coefficient (Wildman–Crippen LogP) is 4.13. The van der Waals surface area contributed by atoms with Gasteiger partial charge in [0.25, 0.3) is 0 Å². The van der Waals surface area contributed by atoms with Gasteiger partial charge in [-0.05, 0) is 74.8 Å². The fourth-order valence-corrected chi connectivity index (χ4v) is 5.08.